The Labute approximate surface area is 149 Å². The van der Waals surface area contributed by atoms with Gasteiger partial charge in [0.1, 0.15) is 4.90 Å². The number of sulfonamides is 1. The molecule has 1 aromatic heterocycles. The highest BCUT2D eigenvalue weighted by Crippen LogP contribution is 2.25. The van der Waals surface area contributed by atoms with Crippen LogP contribution in [0, 0.1) is 6.92 Å². The van der Waals surface area contributed by atoms with Gasteiger partial charge in [-0.25, -0.2) is 8.42 Å². The molecule has 0 radical (unpaired) electrons. The third kappa shape index (κ3) is 3.85. The topological polar surface area (TPSA) is 64.0 Å². The van der Waals surface area contributed by atoms with Crippen molar-refractivity contribution in [1.29, 1.82) is 0 Å². The maximum Gasteiger partial charge on any atom is 0.263 e. The van der Waals surface area contributed by atoms with Gasteiger partial charge >= 0.3 is 0 Å². The maximum absolute atomic E-state index is 12.5. The smallest absolute Gasteiger partial charge is 0.263 e. The number of benzene rings is 2. The summed E-state index contributed by atoms with van der Waals surface area (Å²) in [6, 6.07) is 15.0. The van der Waals surface area contributed by atoms with Gasteiger partial charge in [0.05, 0.1) is 18.4 Å². The van der Waals surface area contributed by atoms with Crippen LogP contribution < -0.4 is 4.72 Å². The van der Waals surface area contributed by atoms with Crippen LogP contribution in [-0.2, 0) is 16.6 Å². The molecule has 5 nitrogen and oxygen atoms in total. The van der Waals surface area contributed by atoms with Crippen LogP contribution in [0.15, 0.2) is 70.3 Å². The minimum absolute atomic E-state index is 0.198. The summed E-state index contributed by atoms with van der Waals surface area (Å²) in [6.07, 6.45) is 3.18. The van der Waals surface area contributed by atoms with Gasteiger partial charge in [-0.05, 0) is 46.1 Å². The number of anilines is 1. The van der Waals surface area contributed by atoms with Gasteiger partial charge in [0.2, 0.25) is 0 Å². The van der Waals surface area contributed by atoms with Gasteiger partial charge in [-0.3, -0.25) is 9.40 Å². The van der Waals surface area contributed by atoms with E-state index < -0.39 is 10.0 Å². The molecule has 0 atom stereocenters. The van der Waals surface area contributed by atoms with E-state index in [4.69, 9.17) is 0 Å². The van der Waals surface area contributed by atoms with Crippen LogP contribution in [0.3, 0.4) is 0 Å². The first-order valence-corrected chi connectivity index (χ1v) is 9.57. The molecule has 1 heterocycles. The Morgan fingerprint density at radius 3 is 2.62 bits per heavy atom. The molecule has 0 aliphatic rings. The predicted molar refractivity (Wildman–Crippen MR) is 97.5 cm³/mol. The van der Waals surface area contributed by atoms with Crippen LogP contribution in [0.25, 0.3) is 0 Å². The zero-order valence-corrected chi connectivity index (χ0v) is 15.4. The number of hydrogen-bond acceptors (Lipinski definition) is 3. The molecule has 3 rings (SSSR count). The van der Waals surface area contributed by atoms with E-state index in [1.807, 2.05) is 37.3 Å². The molecule has 124 valence electrons. The highest BCUT2D eigenvalue weighted by molar-refractivity contribution is 9.10. The van der Waals surface area contributed by atoms with E-state index in [0.717, 1.165) is 11.1 Å². The summed E-state index contributed by atoms with van der Waals surface area (Å²) >= 11 is 3.31. The zero-order valence-electron chi connectivity index (χ0n) is 13.0. The fourth-order valence-electron chi connectivity index (χ4n) is 2.31. The summed E-state index contributed by atoms with van der Waals surface area (Å²) in [4.78, 5) is 0.198. The third-order valence-corrected chi connectivity index (χ3v) is 5.81. The lowest BCUT2D eigenvalue weighted by Crippen LogP contribution is -2.13. The Balaban J connectivity index is 1.78. The summed E-state index contributed by atoms with van der Waals surface area (Å²) < 4.78 is 29.8. The molecule has 0 fully saturated rings. The SMILES string of the molecule is Cc1ccc(S(=O)(=O)Nc2cnn(Cc3ccccc3)c2)c(Br)c1. The van der Waals surface area contributed by atoms with E-state index in [1.165, 1.54) is 6.20 Å². The second-order valence-electron chi connectivity index (χ2n) is 5.45. The van der Waals surface area contributed by atoms with Gasteiger partial charge in [-0.2, -0.15) is 5.10 Å². The van der Waals surface area contributed by atoms with Crippen molar-refractivity contribution < 1.29 is 8.42 Å². The van der Waals surface area contributed by atoms with Crippen molar-refractivity contribution in [2.45, 2.75) is 18.4 Å². The predicted octanol–water partition coefficient (Wildman–Crippen LogP) is 3.80. The molecule has 1 N–H and O–H groups in total. The molecule has 0 aliphatic carbocycles. The lowest BCUT2D eigenvalue weighted by atomic mass is 10.2. The molecule has 7 heteroatoms. The van der Waals surface area contributed by atoms with Crippen molar-refractivity contribution in [3.8, 4) is 0 Å². The normalized spacial score (nSPS) is 11.4. The number of nitrogens with zero attached hydrogens (tertiary/aromatic N) is 2. The largest absolute Gasteiger partial charge is 0.276 e. The zero-order chi connectivity index (χ0) is 17.2. The van der Waals surface area contributed by atoms with Crippen LogP contribution in [0.1, 0.15) is 11.1 Å². The Hall–Kier alpha value is -2.12. The van der Waals surface area contributed by atoms with Crippen molar-refractivity contribution in [2.75, 3.05) is 4.72 Å². The number of aryl methyl sites for hydroxylation is 1. The highest BCUT2D eigenvalue weighted by atomic mass is 79.9. The molecule has 2 aromatic carbocycles. The van der Waals surface area contributed by atoms with Gasteiger partial charge in [-0.15, -0.1) is 0 Å². The summed E-state index contributed by atoms with van der Waals surface area (Å²) in [7, 11) is -3.67. The quantitative estimate of drug-likeness (QED) is 0.701. The molecule has 0 amide bonds. The summed E-state index contributed by atoms with van der Waals surface area (Å²) in [5.41, 5.74) is 2.51. The van der Waals surface area contributed by atoms with E-state index in [1.54, 1.807) is 29.1 Å². The first-order chi connectivity index (χ1) is 11.4. The highest BCUT2D eigenvalue weighted by Gasteiger charge is 2.18. The van der Waals surface area contributed by atoms with Gasteiger partial charge in [0.15, 0.2) is 0 Å². The number of nitrogens with one attached hydrogen (secondary N) is 1. The Kier molecular flexibility index (Phi) is 4.73. The van der Waals surface area contributed by atoms with Crippen molar-refractivity contribution >= 4 is 31.6 Å². The van der Waals surface area contributed by atoms with Crippen LogP contribution in [0.5, 0.6) is 0 Å². The van der Waals surface area contributed by atoms with E-state index in [0.29, 0.717) is 16.7 Å². The van der Waals surface area contributed by atoms with Crippen LogP contribution >= 0.6 is 15.9 Å². The van der Waals surface area contributed by atoms with Gasteiger partial charge in [0.25, 0.3) is 10.0 Å². The minimum atomic E-state index is -3.67. The van der Waals surface area contributed by atoms with Crippen LogP contribution in [0.2, 0.25) is 0 Å². The molecule has 3 aromatic rings. The lowest BCUT2D eigenvalue weighted by Gasteiger charge is -2.08. The molecule has 0 bridgehead atoms. The Morgan fingerprint density at radius 1 is 1.17 bits per heavy atom. The fourth-order valence-corrected chi connectivity index (χ4v) is 4.53. The molecule has 0 saturated heterocycles. The van der Waals surface area contributed by atoms with Gasteiger partial charge < -0.3 is 0 Å². The molecule has 0 saturated carbocycles. The van der Waals surface area contributed by atoms with E-state index in [2.05, 4.69) is 25.8 Å². The van der Waals surface area contributed by atoms with Crippen molar-refractivity contribution in [3.63, 3.8) is 0 Å². The lowest BCUT2D eigenvalue weighted by molar-refractivity contribution is 0.600. The Bertz CT molecular complexity index is 953. The van der Waals surface area contributed by atoms with Gasteiger partial charge in [0, 0.05) is 10.7 Å². The van der Waals surface area contributed by atoms with E-state index in [-0.39, 0.29) is 4.90 Å². The summed E-state index contributed by atoms with van der Waals surface area (Å²) in [5, 5.41) is 4.20. The summed E-state index contributed by atoms with van der Waals surface area (Å²) in [5.74, 6) is 0. The fraction of sp³-hybridized carbons (Fsp3) is 0.118. The maximum atomic E-state index is 12.5. The molecular formula is C17H16BrN3O2S. The number of hydrogen-bond donors (Lipinski definition) is 1. The monoisotopic (exact) mass is 405 g/mol. The Morgan fingerprint density at radius 2 is 1.92 bits per heavy atom. The number of aromatic nitrogens is 2. The first-order valence-electron chi connectivity index (χ1n) is 7.29. The van der Waals surface area contributed by atoms with E-state index >= 15 is 0 Å². The van der Waals surface area contributed by atoms with Gasteiger partial charge in [-0.1, -0.05) is 36.4 Å². The average Bonchev–Trinajstić information content (AvgIpc) is 2.94. The summed E-state index contributed by atoms with van der Waals surface area (Å²) in [6.45, 7) is 2.49. The second kappa shape index (κ2) is 6.78. The van der Waals surface area contributed by atoms with Crippen LogP contribution in [0.4, 0.5) is 5.69 Å². The molecular weight excluding hydrogens is 390 g/mol. The molecule has 0 aliphatic heterocycles. The molecule has 24 heavy (non-hydrogen) atoms. The minimum Gasteiger partial charge on any atom is -0.276 e. The molecule has 0 spiro atoms. The number of rotatable bonds is 5. The second-order valence-corrected chi connectivity index (χ2v) is 7.96. The van der Waals surface area contributed by atoms with Crippen molar-refractivity contribution in [2.24, 2.45) is 0 Å². The van der Waals surface area contributed by atoms with Crippen LogP contribution in [-0.4, -0.2) is 18.2 Å². The first kappa shape index (κ1) is 16.7. The standard InChI is InChI=1S/C17H16BrN3O2S/c1-13-7-8-17(16(18)9-13)24(22,23)20-15-10-19-21(12-15)11-14-5-3-2-4-6-14/h2-10,12,20H,11H2,1H3. The average molecular weight is 406 g/mol. The third-order valence-electron chi connectivity index (χ3n) is 3.45. The van der Waals surface area contributed by atoms with Crippen molar-refractivity contribution in [3.05, 3.63) is 76.5 Å². The van der Waals surface area contributed by atoms with Crippen molar-refractivity contribution in [1.82, 2.24) is 9.78 Å². The number of halogens is 1. The molecule has 0 unspecified atom stereocenters. The van der Waals surface area contributed by atoms with E-state index in [9.17, 15) is 8.42 Å².